The van der Waals surface area contributed by atoms with Gasteiger partial charge in [-0.15, -0.1) is 0 Å². The molecule has 0 aromatic heterocycles. The van der Waals surface area contributed by atoms with E-state index in [4.69, 9.17) is 4.74 Å². The van der Waals surface area contributed by atoms with Crippen molar-refractivity contribution < 1.29 is 9.66 Å². The highest BCUT2D eigenvalue weighted by Gasteiger charge is 2.10. The Morgan fingerprint density at radius 1 is 1.42 bits per heavy atom. The second kappa shape index (κ2) is 8.63. The van der Waals surface area contributed by atoms with Gasteiger partial charge in [-0.25, -0.2) is 0 Å². The molecule has 0 spiro atoms. The van der Waals surface area contributed by atoms with Crippen LogP contribution in [0.3, 0.4) is 0 Å². The van der Waals surface area contributed by atoms with Gasteiger partial charge in [-0.3, -0.25) is 10.1 Å². The molecule has 0 aliphatic rings. The number of nitro groups is 1. The van der Waals surface area contributed by atoms with Crippen LogP contribution in [0.1, 0.15) is 19.8 Å². The predicted molar refractivity (Wildman–Crippen MR) is 80.4 cm³/mol. The Labute approximate surface area is 117 Å². The fourth-order valence-corrected chi connectivity index (χ4v) is 1.98. The second-order valence-electron chi connectivity index (χ2n) is 4.09. The third-order valence-corrected chi connectivity index (χ3v) is 3.13. The third-order valence-electron chi connectivity index (χ3n) is 2.43. The van der Waals surface area contributed by atoms with E-state index >= 15 is 0 Å². The van der Waals surface area contributed by atoms with Crippen LogP contribution in [0.5, 0.6) is 5.75 Å². The van der Waals surface area contributed by atoms with E-state index in [1.54, 1.807) is 11.8 Å². The zero-order chi connectivity index (χ0) is 14.1. The lowest BCUT2D eigenvalue weighted by atomic mass is 10.2. The van der Waals surface area contributed by atoms with Crippen LogP contribution in [-0.2, 0) is 0 Å². The van der Waals surface area contributed by atoms with Gasteiger partial charge in [0.15, 0.2) is 0 Å². The van der Waals surface area contributed by atoms with Gasteiger partial charge in [-0.1, -0.05) is 6.92 Å². The van der Waals surface area contributed by atoms with E-state index in [2.05, 4.69) is 11.6 Å². The topological polar surface area (TPSA) is 64.4 Å². The van der Waals surface area contributed by atoms with Crippen LogP contribution in [0, 0.1) is 10.1 Å². The van der Waals surface area contributed by atoms with Crippen LogP contribution >= 0.6 is 11.8 Å². The summed E-state index contributed by atoms with van der Waals surface area (Å²) in [6, 6.07) is 4.81. The summed E-state index contributed by atoms with van der Waals surface area (Å²) in [5.41, 5.74) is 0.794. The molecule has 0 saturated heterocycles. The van der Waals surface area contributed by atoms with Crippen molar-refractivity contribution in [3.8, 4) is 5.75 Å². The summed E-state index contributed by atoms with van der Waals surface area (Å²) in [4.78, 5) is 10.5. The Bertz CT molecular complexity index is 413. The first-order chi connectivity index (χ1) is 9.17. The van der Waals surface area contributed by atoms with Crippen LogP contribution in [0.15, 0.2) is 18.2 Å². The predicted octanol–water partition coefficient (Wildman–Crippen LogP) is 3.55. The zero-order valence-corrected chi connectivity index (χ0v) is 12.2. The van der Waals surface area contributed by atoms with Crippen molar-refractivity contribution in [2.75, 3.05) is 30.5 Å². The van der Waals surface area contributed by atoms with Crippen molar-refractivity contribution in [1.29, 1.82) is 0 Å². The lowest BCUT2D eigenvalue weighted by Gasteiger charge is -2.09. The standard InChI is InChI=1S/C13H20N2O3S/c1-3-6-18-13-9-11(14-5-4-7-19-2)8-12(10-13)15(16)17/h8-10,14H,3-7H2,1-2H3. The van der Waals surface area contributed by atoms with Gasteiger partial charge in [0.2, 0.25) is 0 Å². The third kappa shape index (κ3) is 5.83. The molecule has 1 aromatic carbocycles. The van der Waals surface area contributed by atoms with Crippen LogP contribution in [-0.4, -0.2) is 30.1 Å². The highest BCUT2D eigenvalue weighted by Crippen LogP contribution is 2.26. The van der Waals surface area contributed by atoms with Crippen molar-refractivity contribution in [2.24, 2.45) is 0 Å². The van der Waals surface area contributed by atoms with Gasteiger partial charge in [0, 0.05) is 24.4 Å². The lowest BCUT2D eigenvalue weighted by molar-refractivity contribution is -0.384. The first-order valence-electron chi connectivity index (χ1n) is 6.32. The van der Waals surface area contributed by atoms with E-state index in [-0.39, 0.29) is 5.69 Å². The molecule has 0 bridgehead atoms. The molecule has 1 N–H and O–H groups in total. The summed E-state index contributed by atoms with van der Waals surface area (Å²) in [6.07, 6.45) is 3.96. The molecule has 0 unspecified atom stereocenters. The van der Waals surface area contributed by atoms with E-state index in [0.29, 0.717) is 12.4 Å². The number of anilines is 1. The molecule has 0 radical (unpaired) electrons. The molecule has 19 heavy (non-hydrogen) atoms. The van der Waals surface area contributed by atoms with E-state index in [1.165, 1.54) is 12.1 Å². The average Bonchev–Trinajstić information content (AvgIpc) is 2.41. The highest BCUT2D eigenvalue weighted by atomic mass is 32.2. The quantitative estimate of drug-likeness (QED) is 0.427. The number of hydrogen-bond acceptors (Lipinski definition) is 5. The number of nitrogens with zero attached hydrogens (tertiary/aromatic N) is 1. The van der Waals surface area contributed by atoms with Gasteiger partial charge >= 0.3 is 0 Å². The molecule has 1 aromatic rings. The lowest BCUT2D eigenvalue weighted by Crippen LogP contribution is -2.04. The minimum Gasteiger partial charge on any atom is -0.493 e. The number of rotatable bonds is 9. The number of nitro benzene ring substituents is 1. The van der Waals surface area contributed by atoms with Gasteiger partial charge in [-0.2, -0.15) is 11.8 Å². The summed E-state index contributed by atoms with van der Waals surface area (Å²) in [5, 5.41) is 14.1. The maximum atomic E-state index is 10.9. The van der Waals surface area contributed by atoms with E-state index in [9.17, 15) is 10.1 Å². The molecular weight excluding hydrogens is 264 g/mol. The van der Waals surface area contributed by atoms with Crippen molar-refractivity contribution in [3.63, 3.8) is 0 Å². The average molecular weight is 284 g/mol. The Hall–Kier alpha value is -1.43. The number of benzene rings is 1. The second-order valence-corrected chi connectivity index (χ2v) is 5.08. The van der Waals surface area contributed by atoms with Gasteiger partial charge in [-0.05, 0) is 24.9 Å². The van der Waals surface area contributed by atoms with E-state index < -0.39 is 4.92 Å². The van der Waals surface area contributed by atoms with Crippen molar-refractivity contribution >= 4 is 23.1 Å². The molecule has 0 saturated carbocycles. The summed E-state index contributed by atoms with van der Waals surface area (Å²) in [7, 11) is 0. The Kier molecular flexibility index (Phi) is 7.10. The number of nitrogens with one attached hydrogen (secondary N) is 1. The van der Waals surface area contributed by atoms with Gasteiger partial charge in [0.05, 0.1) is 17.6 Å². The summed E-state index contributed by atoms with van der Waals surface area (Å²) in [6.45, 7) is 3.36. The van der Waals surface area contributed by atoms with Gasteiger partial charge in [0.1, 0.15) is 5.75 Å². The maximum Gasteiger partial charge on any atom is 0.275 e. The van der Waals surface area contributed by atoms with Crippen molar-refractivity contribution in [1.82, 2.24) is 0 Å². The SMILES string of the molecule is CCCOc1cc(NCCCSC)cc([N+](=O)[O-])c1. The van der Waals surface area contributed by atoms with Crippen molar-refractivity contribution in [3.05, 3.63) is 28.3 Å². The van der Waals surface area contributed by atoms with Crippen LogP contribution in [0.25, 0.3) is 0 Å². The summed E-state index contributed by atoms with van der Waals surface area (Å²) in [5.74, 6) is 1.62. The largest absolute Gasteiger partial charge is 0.493 e. The number of ether oxygens (including phenoxy) is 1. The Balaban J connectivity index is 2.72. The number of thioether (sulfide) groups is 1. The molecule has 0 heterocycles. The minimum absolute atomic E-state index is 0.0565. The van der Waals surface area contributed by atoms with Gasteiger partial charge < -0.3 is 10.1 Å². The molecule has 0 fully saturated rings. The molecule has 106 valence electrons. The monoisotopic (exact) mass is 284 g/mol. The van der Waals surface area contributed by atoms with Crippen molar-refractivity contribution in [2.45, 2.75) is 19.8 Å². The fraction of sp³-hybridized carbons (Fsp3) is 0.538. The van der Waals surface area contributed by atoms with Crippen LogP contribution < -0.4 is 10.1 Å². The molecule has 5 nitrogen and oxygen atoms in total. The fourth-order valence-electron chi connectivity index (χ4n) is 1.54. The summed E-state index contributed by atoms with van der Waals surface area (Å²) < 4.78 is 5.47. The van der Waals surface area contributed by atoms with Crippen LogP contribution in [0.2, 0.25) is 0 Å². The van der Waals surface area contributed by atoms with Crippen LogP contribution in [0.4, 0.5) is 11.4 Å². The molecule has 0 amide bonds. The molecule has 0 aliphatic carbocycles. The maximum absolute atomic E-state index is 10.9. The Morgan fingerprint density at radius 3 is 2.84 bits per heavy atom. The number of non-ortho nitro benzene ring substituents is 1. The first-order valence-corrected chi connectivity index (χ1v) is 7.72. The van der Waals surface area contributed by atoms with E-state index in [0.717, 1.165) is 30.8 Å². The minimum atomic E-state index is -0.397. The van der Waals surface area contributed by atoms with E-state index in [1.807, 2.05) is 13.0 Å². The first kappa shape index (κ1) is 15.6. The smallest absolute Gasteiger partial charge is 0.275 e. The van der Waals surface area contributed by atoms with Gasteiger partial charge in [0.25, 0.3) is 5.69 Å². The molecule has 0 aliphatic heterocycles. The highest BCUT2D eigenvalue weighted by molar-refractivity contribution is 7.98. The summed E-state index contributed by atoms with van der Waals surface area (Å²) >= 11 is 1.79. The zero-order valence-electron chi connectivity index (χ0n) is 11.3. The molecule has 6 heteroatoms. The normalized spacial score (nSPS) is 10.2. The Morgan fingerprint density at radius 2 is 2.21 bits per heavy atom. The number of hydrogen-bond donors (Lipinski definition) is 1. The molecule has 0 atom stereocenters. The molecule has 1 rings (SSSR count). The molecular formula is C13H20N2O3S.